The number of fused-ring (bicyclic) bond motifs is 8. The minimum absolute atomic E-state index is 0.0347. The van der Waals surface area contributed by atoms with E-state index in [1.807, 2.05) is 157 Å². The standard InChI is InChI=1S/C13H8O2.C13H8OS.C12H8O2.C12H8S2/c2*14-13-9-5-1-3-7-11(9)15-12-8-4-2-6-10(12)13;2*1-2-6-10-9(5-1)13-11-7-3-4-8-12(11)14-10/h2*1-8H;2*1-8H. The van der Waals surface area contributed by atoms with Crippen molar-refractivity contribution in [2.24, 2.45) is 0 Å². The highest BCUT2D eigenvalue weighted by Gasteiger charge is 2.17. The quantitative estimate of drug-likeness (QED) is 0.141. The van der Waals surface area contributed by atoms with E-state index in [4.69, 9.17) is 13.9 Å². The number of hydrogen-bond acceptors (Lipinski definition) is 8. The fourth-order valence-electron chi connectivity index (χ4n) is 6.45. The van der Waals surface area contributed by atoms with Crippen LogP contribution in [-0.4, -0.2) is 0 Å². The highest BCUT2D eigenvalue weighted by molar-refractivity contribution is 8.05. The molecule has 0 saturated carbocycles. The van der Waals surface area contributed by atoms with E-state index in [1.54, 1.807) is 23.5 Å². The first kappa shape index (κ1) is 37.0. The van der Waals surface area contributed by atoms with E-state index < -0.39 is 0 Å². The van der Waals surface area contributed by atoms with Crippen molar-refractivity contribution < 1.29 is 13.9 Å². The third kappa shape index (κ3) is 7.86. The van der Waals surface area contributed by atoms with Crippen molar-refractivity contribution in [1.29, 1.82) is 0 Å². The van der Waals surface area contributed by atoms with Crippen molar-refractivity contribution >= 4 is 77.0 Å². The van der Waals surface area contributed by atoms with Crippen LogP contribution >= 0.6 is 34.9 Å². The highest BCUT2D eigenvalue weighted by Crippen LogP contribution is 2.48. The third-order valence-corrected chi connectivity index (χ3v) is 13.0. The van der Waals surface area contributed by atoms with Crippen LogP contribution in [0, 0.1) is 0 Å². The minimum atomic E-state index is 0.0347. The Morgan fingerprint density at radius 3 is 1.00 bits per heavy atom. The molecular weight excluding hydrogens is 777 g/mol. The Labute approximate surface area is 346 Å². The summed E-state index contributed by atoms with van der Waals surface area (Å²) >= 11 is 5.39. The van der Waals surface area contributed by atoms with Gasteiger partial charge in [-0.3, -0.25) is 9.59 Å². The first-order valence-corrected chi connectivity index (χ1v) is 20.9. The molecular formula is C50H32O5S3. The Morgan fingerprint density at radius 2 is 0.603 bits per heavy atom. The molecule has 8 heteroatoms. The van der Waals surface area contributed by atoms with Crippen molar-refractivity contribution in [3.63, 3.8) is 0 Å². The van der Waals surface area contributed by atoms with Crippen LogP contribution in [-0.2, 0) is 0 Å². The molecule has 0 bridgehead atoms. The third-order valence-electron chi connectivity index (χ3n) is 9.24. The Morgan fingerprint density at radius 1 is 0.310 bits per heavy atom. The average molecular weight is 809 g/mol. The summed E-state index contributed by atoms with van der Waals surface area (Å²) in [6, 6.07) is 62.5. The maximum atomic E-state index is 12.1. The van der Waals surface area contributed by atoms with Crippen LogP contribution in [0.25, 0.3) is 42.1 Å². The molecule has 2 aromatic heterocycles. The molecule has 5 nitrogen and oxygen atoms in total. The smallest absolute Gasteiger partial charge is 0.200 e. The molecule has 2 aliphatic rings. The molecule has 0 unspecified atom stereocenters. The van der Waals surface area contributed by atoms with Crippen LogP contribution in [0.15, 0.2) is 228 Å². The molecule has 0 atom stereocenters. The summed E-state index contributed by atoms with van der Waals surface area (Å²) in [5, 5.41) is 2.91. The Hall–Kier alpha value is -6.58. The largest absolute Gasteiger partial charge is 0.456 e. The molecule has 0 spiro atoms. The molecule has 0 fully saturated rings. The summed E-state index contributed by atoms with van der Waals surface area (Å²) < 4.78 is 19.0. The Kier molecular flexibility index (Phi) is 10.8. The van der Waals surface area contributed by atoms with Gasteiger partial charge in [0.15, 0.2) is 28.4 Å². The van der Waals surface area contributed by atoms with Crippen molar-refractivity contribution in [1.82, 2.24) is 0 Å². The van der Waals surface area contributed by atoms with Crippen molar-refractivity contribution in [2.45, 2.75) is 19.6 Å². The van der Waals surface area contributed by atoms with Crippen molar-refractivity contribution in [2.75, 3.05) is 0 Å². The van der Waals surface area contributed by atoms with Crippen LogP contribution in [0.4, 0.5) is 0 Å². The molecule has 0 N–H and O–H groups in total. The van der Waals surface area contributed by atoms with Gasteiger partial charge < -0.3 is 13.9 Å². The molecule has 10 aromatic rings. The maximum Gasteiger partial charge on any atom is 0.200 e. The molecule has 0 amide bonds. The number of benzene rings is 8. The predicted molar refractivity (Wildman–Crippen MR) is 240 cm³/mol. The van der Waals surface area contributed by atoms with E-state index in [0.29, 0.717) is 21.9 Å². The second-order valence-corrected chi connectivity index (χ2v) is 16.3. The van der Waals surface area contributed by atoms with Gasteiger partial charge in [-0.2, -0.15) is 0 Å². The summed E-state index contributed by atoms with van der Waals surface area (Å²) in [5.74, 6) is 3.08. The number of hydrogen-bond donors (Lipinski definition) is 0. The van der Waals surface area contributed by atoms with Crippen LogP contribution in [0.3, 0.4) is 0 Å². The lowest BCUT2D eigenvalue weighted by Crippen LogP contribution is -2.01. The average Bonchev–Trinajstić information content (AvgIpc) is 3.28. The normalized spacial score (nSPS) is 11.7. The van der Waals surface area contributed by atoms with Gasteiger partial charge in [0.1, 0.15) is 11.2 Å². The first-order valence-electron chi connectivity index (χ1n) is 18.5. The zero-order valence-electron chi connectivity index (χ0n) is 30.7. The van der Waals surface area contributed by atoms with E-state index in [1.165, 1.54) is 19.6 Å². The Balaban J connectivity index is 0.000000100. The molecule has 0 saturated heterocycles. The summed E-state index contributed by atoms with van der Waals surface area (Å²) in [6.45, 7) is 0. The molecule has 0 radical (unpaired) electrons. The van der Waals surface area contributed by atoms with Crippen molar-refractivity contribution in [3.05, 3.63) is 215 Å². The lowest BCUT2D eigenvalue weighted by Gasteiger charge is -2.19. The zero-order valence-corrected chi connectivity index (χ0v) is 33.2. The first-order chi connectivity index (χ1) is 28.6. The number of ether oxygens (including phenoxy) is 2. The lowest BCUT2D eigenvalue weighted by atomic mass is 10.1. The van der Waals surface area contributed by atoms with Gasteiger partial charge in [-0.05, 0) is 97.1 Å². The maximum absolute atomic E-state index is 12.1. The molecule has 58 heavy (non-hydrogen) atoms. The lowest BCUT2D eigenvalue weighted by molar-refractivity contribution is 0.359. The number of para-hydroxylation sites is 6. The van der Waals surface area contributed by atoms with E-state index in [9.17, 15) is 9.59 Å². The monoisotopic (exact) mass is 808 g/mol. The van der Waals surface area contributed by atoms with Gasteiger partial charge in [0.2, 0.25) is 5.43 Å². The minimum Gasteiger partial charge on any atom is -0.456 e. The van der Waals surface area contributed by atoms with Crippen LogP contribution in [0.2, 0.25) is 0 Å². The fraction of sp³-hybridized carbons (Fsp3) is 0. The van der Waals surface area contributed by atoms with Gasteiger partial charge >= 0.3 is 0 Å². The summed E-state index contributed by atoms with van der Waals surface area (Å²) in [4.78, 5) is 29.6. The van der Waals surface area contributed by atoms with Crippen LogP contribution in [0.5, 0.6) is 23.0 Å². The molecule has 4 heterocycles. The van der Waals surface area contributed by atoms with E-state index >= 15 is 0 Å². The van der Waals surface area contributed by atoms with E-state index in [0.717, 1.165) is 43.2 Å². The van der Waals surface area contributed by atoms with Crippen LogP contribution in [0.1, 0.15) is 0 Å². The number of rotatable bonds is 0. The van der Waals surface area contributed by atoms with E-state index in [2.05, 4.69) is 48.5 Å². The second-order valence-electron chi connectivity index (χ2n) is 13.0. The second kappa shape index (κ2) is 16.9. The molecule has 0 aliphatic carbocycles. The van der Waals surface area contributed by atoms with Gasteiger partial charge in [0, 0.05) is 39.8 Å². The zero-order chi connectivity index (χ0) is 39.3. The SMILES string of the molecule is O=c1c2ccccc2oc2ccccc12.O=c1c2ccccc2sc2ccccc12.c1ccc2c(c1)Oc1ccccc1O2.c1ccc2c(c1)Sc1ccccc1S2. The summed E-state index contributed by atoms with van der Waals surface area (Å²) in [5.41, 5.74) is 1.45. The van der Waals surface area contributed by atoms with Gasteiger partial charge in [-0.1, -0.05) is 121 Å². The van der Waals surface area contributed by atoms with E-state index in [-0.39, 0.29) is 10.9 Å². The highest BCUT2D eigenvalue weighted by atomic mass is 32.2. The molecule has 2 aliphatic heterocycles. The van der Waals surface area contributed by atoms with Crippen LogP contribution < -0.4 is 20.3 Å². The molecule has 280 valence electrons. The predicted octanol–water partition coefficient (Wildman–Crippen LogP) is 14.2. The van der Waals surface area contributed by atoms with Gasteiger partial charge in [0.05, 0.1) is 10.8 Å². The van der Waals surface area contributed by atoms with Gasteiger partial charge in [0.25, 0.3) is 0 Å². The topological polar surface area (TPSA) is 65.7 Å². The van der Waals surface area contributed by atoms with Gasteiger partial charge in [-0.15, -0.1) is 11.3 Å². The van der Waals surface area contributed by atoms with Crippen molar-refractivity contribution in [3.8, 4) is 23.0 Å². The summed E-state index contributed by atoms with van der Waals surface area (Å²) in [6.07, 6.45) is 0. The Bertz CT molecular complexity index is 2700. The molecule has 12 rings (SSSR count). The fourth-order valence-corrected chi connectivity index (χ4v) is 9.76. The molecule has 8 aromatic carbocycles. The van der Waals surface area contributed by atoms with Gasteiger partial charge in [-0.25, -0.2) is 0 Å². The summed E-state index contributed by atoms with van der Waals surface area (Å²) in [7, 11) is 0.